The smallest absolute Gasteiger partial charge is 0.550 e. The Morgan fingerprint density at radius 1 is 0.867 bits per heavy atom. The predicted octanol–water partition coefficient (Wildman–Crippen LogP) is 2.28. The Bertz CT molecular complexity index is 138. The van der Waals surface area contributed by atoms with Crippen LogP contribution in [0.15, 0.2) is 0 Å². The predicted molar refractivity (Wildman–Crippen MR) is 62.6 cm³/mol. The van der Waals surface area contributed by atoms with E-state index in [0.717, 1.165) is 12.8 Å². The first-order valence-electron chi connectivity index (χ1n) is 5.97. The van der Waals surface area contributed by atoms with Crippen LogP contribution in [0.25, 0.3) is 0 Å². The molecule has 0 rings (SSSR count). The zero-order chi connectivity index (χ0) is 10.6. The van der Waals surface area contributed by atoms with Gasteiger partial charge in [-0.25, -0.2) is 0 Å². The van der Waals surface area contributed by atoms with Gasteiger partial charge in [-0.3, -0.25) is 0 Å². The van der Waals surface area contributed by atoms with Crippen molar-refractivity contribution in [3.8, 4) is 0 Å². The SMILES string of the molecule is CCCCCCCCCCCC(=O)[O-].[Sn+2]. The molecule has 0 saturated carbocycles. The van der Waals surface area contributed by atoms with Crippen molar-refractivity contribution >= 4 is 29.9 Å². The van der Waals surface area contributed by atoms with E-state index in [1.54, 1.807) is 0 Å². The first kappa shape index (κ1) is 17.7. The van der Waals surface area contributed by atoms with Crippen molar-refractivity contribution in [2.24, 2.45) is 0 Å². The Morgan fingerprint density at radius 2 is 1.27 bits per heavy atom. The molecule has 0 amide bonds. The quantitative estimate of drug-likeness (QED) is 0.458. The number of rotatable bonds is 10. The van der Waals surface area contributed by atoms with Crippen LogP contribution in [0.3, 0.4) is 0 Å². The minimum Gasteiger partial charge on any atom is -0.550 e. The average Bonchev–Trinajstić information content (AvgIpc) is 2.15. The fourth-order valence-electron chi connectivity index (χ4n) is 1.58. The van der Waals surface area contributed by atoms with Gasteiger partial charge in [0.15, 0.2) is 0 Å². The molecule has 2 radical (unpaired) electrons. The minimum absolute atomic E-state index is 0. The van der Waals surface area contributed by atoms with Crippen LogP contribution in [0.1, 0.15) is 71.1 Å². The number of carbonyl (C=O) groups is 1. The molecule has 0 aliphatic carbocycles. The van der Waals surface area contributed by atoms with Crippen LogP contribution in [-0.2, 0) is 4.79 Å². The number of aliphatic carboxylic acids is 1. The molecule has 15 heavy (non-hydrogen) atoms. The van der Waals surface area contributed by atoms with Gasteiger partial charge in [-0.2, -0.15) is 0 Å². The van der Waals surface area contributed by atoms with Crippen LogP contribution in [0, 0.1) is 0 Å². The van der Waals surface area contributed by atoms with Crippen molar-refractivity contribution in [1.29, 1.82) is 0 Å². The van der Waals surface area contributed by atoms with E-state index in [1.807, 2.05) is 0 Å². The second-order valence-electron chi connectivity index (χ2n) is 3.95. The van der Waals surface area contributed by atoms with E-state index in [0.29, 0.717) is 0 Å². The zero-order valence-electron chi connectivity index (χ0n) is 9.89. The van der Waals surface area contributed by atoms with Crippen LogP contribution < -0.4 is 5.11 Å². The van der Waals surface area contributed by atoms with Crippen LogP contribution in [-0.4, -0.2) is 29.9 Å². The number of hydrogen-bond donors (Lipinski definition) is 0. The van der Waals surface area contributed by atoms with E-state index in [1.165, 1.54) is 44.9 Å². The van der Waals surface area contributed by atoms with Crippen molar-refractivity contribution in [1.82, 2.24) is 0 Å². The molecule has 0 unspecified atom stereocenters. The number of carboxylic acid groups (broad SMARTS) is 1. The molecule has 3 heteroatoms. The summed E-state index contributed by atoms with van der Waals surface area (Å²) >= 11 is 0. The third-order valence-corrected chi connectivity index (χ3v) is 2.48. The minimum atomic E-state index is -0.909. The maximum atomic E-state index is 10.1. The molecule has 0 atom stereocenters. The molecule has 0 aromatic carbocycles. The standard InChI is InChI=1S/C12H24O2.Sn/c1-2-3-4-5-6-7-8-9-10-11-12(13)14;/h2-11H2,1H3,(H,13,14);/q;+2/p-1. The summed E-state index contributed by atoms with van der Waals surface area (Å²) in [7, 11) is 0. The van der Waals surface area contributed by atoms with E-state index in [9.17, 15) is 9.90 Å². The Balaban J connectivity index is 0. The van der Waals surface area contributed by atoms with Crippen molar-refractivity contribution in [3.05, 3.63) is 0 Å². The van der Waals surface area contributed by atoms with Crippen molar-refractivity contribution < 1.29 is 9.90 Å². The van der Waals surface area contributed by atoms with Crippen molar-refractivity contribution in [3.63, 3.8) is 0 Å². The second-order valence-corrected chi connectivity index (χ2v) is 3.95. The van der Waals surface area contributed by atoms with E-state index in [4.69, 9.17) is 0 Å². The normalized spacial score (nSPS) is 9.67. The van der Waals surface area contributed by atoms with Gasteiger partial charge in [-0.1, -0.05) is 58.3 Å². The third-order valence-electron chi connectivity index (χ3n) is 2.48. The van der Waals surface area contributed by atoms with E-state index in [2.05, 4.69) is 6.92 Å². The summed E-state index contributed by atoms with van der Waals surface area (Å²) in [6.07, 6.45) is 11.2. The van der Waals surface area contributed by atoms with Crippen molar-refractivity contribution in [2.45, 2.75) is 71.1 Å². The van der Waals surface area contributed by atoms with E-state index in [-0.39, 0.29) is 30.3 Å². The summed E-state index contributed by atoms with van der Waals surface area (Å²) in [5.74, 6) is -0.909. The molecule has 0 aromatic heterocycles. The fraction of sp³-hybridized carbons (Fsp3) is 0.917. The molecule has 0 aromatic rings. The van der Waals surface area contributed by atoms with Crippen LogP contribution >= 0.6 is 0 Å². The Labute approximate surface area is 111 Å². The van der Waals surface area contributed by atoms with E-state index < -0.39 is 5.97 Å². The Morgan fingerprint density at radius 3 is 1.67 bits per heavy atom. The monoisotopic (exact) mass is 319 g/mol. The van der Waals surface area contributed by atoms with Gasteiger partial charge in [-0.15, -0.1) is 0 Å². The molecule has 0 N–H and O–H groups in total. The van der Waals surface area contributed by atoms with E-state index >= 15 is 0 Å². The average molecular weight is 318 g/mol. The molecule has 0 aliphatic heterocycles. The molecule has 0 fully saturated rings. The van der Waals surface area contributed by atoms with Gasteiger partial charge >= 0.3 is 23.9 Å². The first-order valence-corrected chi connectivity index (χ1v) is 5.97. The third kappa shape index (κ3) is 16.9. The van der Waals surface area contributed by atoms with Gasteiger partial charge in [0.1, 0.15) is 0 Å². The van der Waals surface area contributed by atoms with Gasteiger partial charge < -0.3 is 9.90 Å². The summed E-state index contributed by atoms with van der Waals surface area (Å²) < 4.78 is 0. The van der Waals surface area contributed by atoms with Crippen LogP contribution in [0.2, 0.25) is 0 Å². The van der Waals surface area contributed by atoms with Gasteiger partial charge in [-0.05, 0) is 12.8 Å². The molecule has 0 spiro atoms. The fourth-order valence-corrected chi connectivity index (χ4v) is 1.58. The Kier molecular flexibility index (Phi) is 16.8. The molecule has 2 nitrogen and oxygen atoms in total. The summed E-state index contributed by atoms with van der Waals surface area (Å²) in [5.41, 5.74) is 0. The molecule has 86 valence electrons. The number of unbranched alkanes of at least 4 members (excludes halogenated alkanes) is 8. The zero-order valence-corrected chi connectivity index (χ0v) is 12.7. The molecular formula is C12H23O2Sn+. The summed E-state index contributed by atoms with van der Waals surface area (Å²) in [6.45, 7) is 2.22. The molecule has 0 bridgehead atoms. The van der Waals surface area contributed by atoms with Crippen LogP contribution in [0.4, 0.5) is 0 Å². The maximum absolute atomic E-state index is 10.1. The van der Waals surface area contributed by atoms with Gasteiger partial charge in [0.25, 0.3) is 0 Å². The van der Waals surface area contributed by atoms with Gasteiger partial charge in [0, 0.05) is 5.97 Å². The number of carbonyl (C=O) groups excluding carboxylic acids is 1. The largest absolute Gasteiger partial charge is 2.00 e. The number of hydrogen-bond acceptors (Lipinski definition) is 2. The topological polar surface area (TPSA) is 40.1 Å². The maximum Gasteiger partial charge on any atom is 2.00 e. The molecule has 0 saturated heterocycles. The molecule has 0 aliphatic rings. The van der Waals surface area contributed by atoms with Gasteiger partial charge in [0.05, 0.1) is 0 Å². The number of carboxylic acids is 1. The first-order chi connectivity index (χ1) is 6.77. The van der Waals surface area contributed by atoms with Gasteiger partial charge in [0.2, 0.25) is 0 Å². The summed E-state index contributed by atoms with van der Waals surface area (Å²) in [4.78, 5) is 10.1. The summed E-state index contributed by atoms with van der Waals surface area (Å²) in [5, 5.41) is 10.1. The summed E-state index contributed by atoms with van der Waals surface area (Å²) in [6, 6.07) is 0. The molecular weight excluding hydrogens is 295 g/mol. The second kappa shape index (κ2) is 14.3. The Hall–Kier alpha value is 0.269. The van der Waals surface area contributed by atoms with Crippen molar-refractivity contribution in [2.75, 3.05) is 0 Å². The molecule has 0 heterocycles. The van der Waals surface area contributed by atoms with Crippen LogP contribution in [0.5, 0.6) is 0 Å².